The Kier molecular flexibility index (Phi) is 4.65. The summed E-state index contributed by atoms with van der Waals surface area (Å²) in [5, 5.41) is 7.69. The highest BCUT2D eigenvalue weighted by atomic mass is 35.5. The number of hydrogen-bond acceptors (Lipinski definition) is 5. The molecule has 0 aliphatic carbocycles. The highest BCUT2D eigenvalue weighted by Crippen LogP contribution is 2.33. The summed E-state index contributed by atoms with van der Waals surface area (Å²) >= 11 is 6.03. The molecule has 1 saturated heterocycles. The number of nitrogens with zero attached hydrogens (tertiary/aromatic N) is 3. The van der Waals surface area contributed by atoms with Gasteiger partial charge in [0, 0.05) is 23.7 Å². The maximum atomic E-state index is 12.5. The molecule has 132 valence electrons. The summed E-state index contributed by atoms with van der Waals surface area (Å²) in [6, 6.07) is 6.55. The van der Waals surface area contributed by atoms with Gasteiger partial charge in [-0.3, -0.25) is 9.59 Å². The minimum absolute atomic E-state index is 0.0423. The first-order valence-corrected chi connectivity index (χ1v) is 8.21. The first-order valence-electron chi connectivity index (χ1n) is 7.01. The average Bonchev–Trinajstić information content (AvgIpc) is 3.15. The quantitative estimate of drug-likeness (QED) is 0.873. The highest BCUT2D eigenvalue weighted by molar-refractivity contribution is 7.15. The van der Waals surface area contributed by atoms with Gasteiger partial charge in [0.25, 0.3) is 0 Å². The standard InChI is InChI=1S/C14H10ClF3N4O2S/c15-8-1-3-9(4-2-8)22-6-7(5-10(22)23)11(24)19-13-21-20-12(25-13)14(16,17)18/h1-4,7H,5-6H2,(H,19,21,24)/t7-/m1/s1. The van der Waals surface area contributed by atoms with Crippen LogP contribution < -0.4 is 10.2 Å². The van der Waals surface area contributed by atoms with Crippen LogP contribution in [0.3, 0.4) is 0 Å². The van der Waals surface area contributed by atoms with Gasteiger partial charge in [-0.25, -0.2) is 0 Å². The largest absolute Gasteiger partial charge is 0.445 e. The number of halogens is 4. The van der Waals surface area contributed by atoms with Gasteiger partial charge in [-0.1, -0.05) is 22.9 Å². The lowest BCUT2D eigenvalue weighted by atomic mass is 10.1. The second-order valence-corrected chi connectivity index (χ2v) is 6.70. The SMILES string of the molecule is O=C(Nc1nnc(C(F)(F)F)s1)[C@@H]1CC(=O)N(c2ccc(Cl)cc2)C1. The summed E-state index contributed by atoms with van der Waals surface area (Å²) < 4.78 is 37.5. The van der Waals surface area contributed by atoms with E-state index in [4.69, 9.17) is 11.6 Å². The summed E-state index contributed by atoms with van der Waals surface area (Å²) in [6.07, 6.45) is -4.66. The number of anilines is 2. The van der Waals surface area contributed by atoms with Crippen LogP contribution in [-0.2, 0) is 15.8 Å². The number of amides is 2. The number of carbonyl (C=O) groups is 2. The minimum Gasteiger partial charge on any atom is -0.312 e. The van der Waals surface area contributed by atoms with Gasteiger partial charge in [0.2, 0.25) is 22.0 Å². The molecule has 0 unspecified atom stereocenters. The summed E-state index contributed by atoms with van der Waals surface area (Å²) in [4.78, 5) is 25.7. The van der Waals surface area contributed by atoms with Crippen molar-refractivity contribution in [2.75, 3.05) is 16.8 Å². The van der Waals surface area contributed by atoms with E-state index in [0.29, 0.717) is 10.7 Å². The van der Waals surface area contributed by atoms with Crippen molar-refractivity contribution < 1.29 is 22.8 Å². The molecular weight excluding hydrogens is 381 g/mol. The van der Waals surface area contributed by atoms with Gasteiger partial charge in [0.1, 0.15) is 0 Å². The van der Waals surface area contributed by atoms with Crippen molar-refractivity contribution in [3.05, 3.63) is 34.3 Å². The fourth-order valence-electron chi connectivity index (χ4n) is 2.35. The van der Waals surface area contributed by atoms with Crippen LogP contribution in [0.25, 0.3) is 0 Å². The van der Waals surface area contributed by atoms with Crippen LogP contribution in [0, 0.1) is 5.92 Å². The summed E-state index contributed by atoms with van der Waals surface area (Å²) in [6.45, 7) is 0.122. The molecule has 0 radical (unpaired) electrons. The maximum Gasteiger partial charge on any atom is 0.445 e. The zero-order chi connectivity index (χ0) is 18.2. The van der Waals surface area contributed by atoms with Gasteiger partial charge in [-0.15, -0.1) is 10.2 Å². The second kappa shape index (κ2) is 6.60. The van der Waals surface area contributed by atoms with Gasteiger partial charge < -0.3 is 10.2 Å². The second-order valence-electron chi connectivity index (χ2n) is 5.28. The molecule has 2 aromatic rings. The van der Waals surface area contributed by atoms with Crippen LogP contribution >= 0.6 is 22.9 Å². The molecule has 1 aliphatic rings. The van der Waals surface area contributed by atoms with E-state index < -0.39 is 23.0 Å². The molecule has 1 N–H and O–H groups in total. The fraction of sp³-hybridized carbons (Fsp3) is 0.286. The van der Waals surface area contributed by atoms with Crippen molar-refractivity contribution in [2.24, 2.45) is 5.92 Å². The van der Waals surface area contributed by atoms with E-state index in [0.717, 1.165) is 0 Å². The lowest BCUT2D eigenvalue weighted by Crippen LogP contribution is -2.28. The van der Waals surface area contributed by atoms with Gasteiger partial charge >= 0.3 is 6.18 Å². The van der Waals surface area contributed by atoms with Gasteiger partial charge in [-0.2, -0.15) is 13.2 Å². The lowest BCUT2D eigenvalue weighted by Gasteiger charge is -2.16. The summed E-state index contributed by atoms with van der Waals surface area (Å²) in [5.74, 6) is -1.52. The number of aromatic nitrogens is 2. The fourth-order valence-corrected chi connectivity index (χ4v) is 3.09. The van der Waals surface area contributed by atoms with Crippen LogP contribution in [0.5, 0.6) is 0 Å². The van der Waals surface area contributed by atoms with Crippen molar-refractivity contribution in [1.29, 1.82) is 0 Å². The number of carbonyl (C=O) groups excluding carboxylic acids is 2. The zero-order valence-corrected chi connectivity index (χ0v) is 14.0. The topological polar surface area (TPSA) is 75.2 Å². The average molecular weight is 391 g/mol. The van der Waals surface area contributed by atoms with Crippen LogP contribution in [0.2, 0.25) is 5.02 Å². The first kappa shape index (κ1) is 17.6. The summed E-state index contributed by atoms with van der Waals surface area (Å²) in [5.41, 5.74) is 0.597. The molecule has 1 aromatic carbocycles. The Morgan fingerprint density at radius 3 is 2.56 bits per heavy atom. The number of hydrogen-bond donors (Lipinski definition) is 1. The molecule has 2 heterocycles. The van der Waals surface area contributed by atoms with E-state index in [2.05, 4.69) is 15.5 Å². The van der Waals surface area contributed by atoms with Crippen molar-refractivity contribution in [3.63, 3.8) is 0 Å². The molecule has 1 fully saturated rings. The molecule has 1 aliphatic heterocycles. The Balaban J connectivity index is 1.66. The molecule has 25 heavy (non-hydrogen) atoms. The Hall–Kier alpha value is -2.20. The van der Waals surface area contributed by atoms with Gasteiger partial charge in [0.05, 0.1) is 5.92 Å². The Bertz CT molecular complexity index is 809. The minimum atomic E-state index is -4.62. The molecule has 3 rings (SSSR count). The van der Waals surface area contributed by atoms with Crippen molar-refractivity contribution >= 4 is 45.6 Å². The Morgan fingerprint density at radius 2 is 1.96 bits per heavy atom. The van der Waals surface area contributed by atoms with Crippen molar-refractivity contribution in [1.82, 2.24) is 10.2 Å². The molecular formula is C14H10ClF3N4O2S. The van der Waals surface area contributed by atoms with Gasteiger partial charge in [-0.05, 0) is 24.3 Å². The van der Waals surface area contributed by atoms with E-state index >= 15 is 0 Å². The summed E-state index contributed by atoms with van der Waals surface area (Å²) in [7, 11) is 0. The van der Waals surface area contributed by atoms with E-state index in [1.165, 1.54) is 4.90 Å². The van der Waals surface area contributed by atoms with E-state index in [9.17, 15) is 22.8 Å². The molecule has 2 amide bonds. The van der Waals surface area contributed by atoms with E-state index in [-0.39, 0.29) is 35.3 Å². The molecule has 6 nitrogen and oxygen atoms in total. The first-order chi connectivity index (χ1) is 11.7. The Labute approximate surface area is 148 Å². The Morgan fingerprint density at radius 1 is 1.28 bits per heavy atom. The third-order valence-electron chi connectivity index (χ3n) is 3.53. The predicted octanol–water partition coefficient (Wildman–Crippen LogP) is 3.20. The third kappa shape index (κ3) is 3.90. The van der Waals surface area contributed by atoms with Crippen LogP contribution in [-0.4, -0.2) is 28.6 Å². The molecule has 1 atom stereocenters. The molecule has 0 spiro atoms. The maximum absolute atomic E-state index is 12.5. The smallest absolute Gasteiger partial charge is 0.312 e. The number of rotatable bonds is 3. The monoisotopic (exact) mass is 390 g/mol. The number of nitrogens with one attached hydrogen (secondary N) is 1. The molecule has 0 bridgehead atoms. The van der Waals surface area contributed by atoms with Crippen LogP contribution in [0.15, 0.2) is 24.3 Å². The molecule has 1 aromatic heterocycles. The van der Waals surface area contributed by atoms with Crippen molar-refractivity contribution in [2.45, 2.75) is 12.6 Å². The normalized spacial score (nSPS) is 17.8. The zero-order valence-electron chi connectivity index (χ0n) is 12.4. The third-order valence-corrected chi connectivity index (χ3v) is 4.67. The molecule has 0 saturated carbocycles. The van der Waals surface area contributed by atoms with Crippen LogP contribution in [0.1, 0.15) is 11.4 Å². The van der Waals surface area contributed by atoms with E-state index in [1.807, 2.05) is 0 Å². The number of benzene rings is 1. The van der Waals surface area contributed by atoms with E-state index in [1.54, 1.807) is 24.3 Å². The van der Waals surface area contributed by atoms with Crippen molar-refractivity contribution in [3.8, 4) is 0 Å². The van der Waals surface area contributed by atoms with Gasteiger partial charge in [0.15, 0.2) is 0 Å². The highest BCUT2D eigenvalue weighted by Gasteiger charge is 2.38. The molecule has 11 heteroatoms. The predicted molar refractivity (Wildman–Crippen MR) is 85.5 cm³/mol. The lowest BCUT2D eigenvalue weighted by molar-refractivity contribution is -0.138. The number of alkyl halides is 3. The van der Waals surface area contributed by atoms with Crippen LogP contribution in [0.4, 0.5) is 24.0 Å².